The first-order valence-electron chi connectivity index (χ1n) is 3.84. The zero-order valence-corrected chi connectivity index (χ0v) is 7.25. The molecule has 0 unspecified atom stereocenters. The fourth-order valence-electron chi connectivity index (χ4n) is 1.06. The second kappa shape index (κ2) is 4.35. The molecular weight excluding hydrogens is 185 g/mol. The number of hydrazine groups is 1. The van der Waals surface area contributed by atoms with Gasteiger partial charge in [0.25, 0.3) is 5.91 Å². The van der Waals surface area contributed by atoms with Crippen molar-refractivity contribution < 1.29 is 9.18 Å². The monoisotopic (exact) mass is 193 g/mol. The van der Waals surface area contributed by atoms with Crippen LogP contribution in [0.25, 0.3) is 0 Å². The normalized spacial score (nSPS) is 9.21. The number of benzene rings is 1. The van der Waals surface area contributed by atoms with E-state index in [1.165, 1.54) is 12.1 Å². The third-order valence-corrected chi connectivity index (χ3v) is 1.63. The van der Waals surface area contributed by atoms with Crippen molar-refractivity contribution in [2.75, 3.05) is 0 Å². The minimum absolute atomic E-state index is 0.0581. The van der Waals surface area contributed by atoms with Crippen molar-refractivity contribution in [3.05, 3.63) is 35.1 Å². The SMILES string of the molecule is N#CCc1cc(F)cc(C(=O)NN)c1. The minimum atomic E-state index is -0.580. The molecule has 14 heavy (non-hydrogen) atoms. The van der Waals surface area contributed by atoms with Crippen LogP contribution >= 0.6 is 0 Å². The average molecular weight is 193 g/mol. The highest BCUT2D eigenvalue weighted by atomic mass is 19.1. The van der Waals surface area contributed by atoms with Gasteiger partial charge < -0.3 is 0 Å². The highest BCUT2D eigenvalue weighted by molar-refractivity contribution is 5.93. The van der Waals surface area contributed by atoms with Crippen molar-refractivity contribution in [1.82, 2.24) is 5.43 Å². The second-order valence-electron chi connectivity index (χ2n) is 2.66. The predicted octanol–water partition coefficient (Wildman–Crippen LogP) is 0.495. The van der Waals surface area contributed by atoms with E-state index in [1.54, 1.807) is 0 Å². The minimum Gasteiger partial charge on any atom is -0.290 e. The first kappa shape index (κ1) is 10.2. The van der Waals surface area contributed by atoms with E-state index in [-0.39, 0.29) is 12.0 Å². The number of halogens is 1. The van der Waals surface area contributed by atoms with Gasteiger partial charge in [-0.25, -0.2) is 10.2 Å². The van der Waals surface area contributed by atoms with Gasteiger partial charge in [0.05, 0.1) is 12.5 Å². The van der Waals surface area contributed by atoms with Crippen LogP contribution in [0.15, 0.2) is 18.2 Å². The van der Waals surface area contributed by atoms with Gasteiger partial charge in [-0.15, -0.1) is 0 Å². The number of rotatable bonds is 2. The van der Waals surface area contributed by atoms with Crippen molar-refractivity contribution in [1.29, 1.82) is 5.26 Å². The molecule has 72 valence electrons. The third-order valence-electron chi connectivity index (χ3n) is 1.63. The summed E-state index contributed by atoms with van der Waals surface area (Å²) in [6.07, 6.45) is 0.0581. The lowest BCUT2D eigenvalue weighted by Crippen LogP contribution is -2.30. The largest absolute Gasteiger partial charge is 0.290 e. The number of hydrogen-bond donors (Lipinski definition) is 2. The summed E-state index contributed by atoms with van der Waals surface area (Å²) in [6, 6.07) is 5.55. The number of nitriles is 1. The van der Waals surface area contributed by atoms with E-state index in [1.807, 2.05) is 11.5 Å². The Labute approximate surface area is 80.1 Å². The molecule has 4 nitrogen and oxygen atoms in total. The van der Waals surface area contributed by atoms with Gasteiger partial charge >= 0.3 is 0 Å². The molecule has 0 atom stereocenters. The van der Waals surface area contributed by atoms with E-state index in [9.17, 15) is 9.18 Å². The van der Waals surface area contributed by atoms with Gasteiger partial charge in [0.1, 0.15) is 5.82 Å². The molecule has 1 rings (SSSR count). The van der Waals surface area contributed by atoms with Crippen molar-refractivity contribution in [2.45, 2.75) is 6.42 Å². The van der Waals surface area contributed by atoms with Crippen LogP contribution < -0.4 is 11.3 Å². The van der Waals surface area contributed by atoms with Crippen LogP contribution in [0.4, 0.5) is 4.39 Å². The highest BCUT2D eigenvalue weighted by Gasteiger charge is 2.06. The summed E-state index contributed by atoms with van der Waals surface area (Å²) in [5, 5.41) is 8.40. The molecule has 0 radical (unpaired) electrons. The lowest BCUT2D eigenvalue weighted by molar-refractivity contribution is 0.0953. The van der Waals surface area contributed by atoms with Gasteiger partial charge in [0.15, 0.2) is 0 Å². The molecule has 0 fully saturated rings. The zero-order chi connectivity index (χ0) is 10.6. The summed E-state index contributed by atoms with van der Waals surface area (Å²) in [4.78, 5) is 11.0. The van der Waals surface area contributed by atoms with Gasteiger partial charge in [0.2, 0.25) is 0 Å². The summed E-state index contributed by atoms with van der Waals surface area (Å²) in [5.41, 5.74) is 2.45. The maximum Gasteiger partial charge on any atom is 0.265 e. The van der Waals surface area contributed by atoms with Crippen molar-refractivity contribution in [2.24, 2.45) is 5.84 Å². The molecular formula is C9H8FN3O. The molecule has 0 saturated heterocycles. The average Bonchev–Trinajstić information content (AvgIpc) is 2.16. The Morgan fingerprint density at radius 1 is 1.57 bits per heavy atom. The molecule has 0 spiro atoms. The number of nitrogens with two attached hydrogens (primary N) is 1. The Kier molecular flexibility index (Phi) is 3.15. The fourth-order valence-corrected chi connectivity index (χ4v) is 1.06. The number of nitrogen functional groups attached to an aromatic ring is 1. The molecule has 0 aromatic heterocycles. The van der Waals surface area contributed by atoms with Crippen LogP contribution in [0.2, 0.25) is 0 Å². The van der Waals surface area contributed by atoms with Gasteiger partial charge in [-0.3, -0.25) is 10.2 Å². The lowest BCUT2D eigenvalue weighted by atomic mass is 10.1. The van der Waals surface area contributed by atoms with Crippen molar-refractivity contribution in [3.63, 3.8) is 0 Å². The predicted molar refractivity (Wildman–Crippen MR) is 47.4 cm³/mol. The maximum atomic E-state index is 12.9. The number of carbonyl (C=O) groups excluding carboxylic acids is 1. The lowest BCUT2D eigenvalue weighted by Gasteiger charge is -2.01. The second-order valence-corrected chi connectivity index (χ2v) is 2.66. The Morgan fingerprint density at radius 3 is 2.86 bits per heavy atom. The summed E-state index contributed by atoms with van der Waals surface area (Å²) in [7, 11) is 0. The Hall–Kier alpha value is -1.93. The van der Waals surface area contributed by atoms with E-state index in [0.717, 1.165) is 6.07 Å². The standard InChI is InChI=1S/C9H8FN3O/c10-8-4-6(1-2-11)3-7(5-8)9(14)13-12/h3-5H,1,12H2,(H,13,14). The smallest absolute Gasteiger partial charge is 0.265 e. The fraction of sp³-hybridized carbons (Fsp3) is 0.111. The molecule has 1 aromatic carbocycles. The van der Waals surface area contributed by atoms with Crippen LogP contribution in [-0.4, -0.2) is 5.91 Å². The molecule has 0 aliphatic carbocycles. The Bertz CT molecular complexity index is 398. The Morgan fingerprint density at radius 2 is 2.29 bits per heavy atom. The molecule has 0 saturated carbocycles. The summed E-state index contributed by atoms with van der Waals surface area (Å²) >= 11 is 0. The van der Waals surface area contributed by atoms with Crippen LogP contribution in [0.1, 0.15) is 15.9 Å². The molecule has 0 aliphatic heterocycles. The van der Waals surface area contributed by atoms with E-state index in [0.29, 0.717) is 5.56 Å². The van der Waals surface area contributed by atoms with Crippen molar-refractivity contribution >= 4 is 5.91 Å². The number of amides is 1. The molecule has 0 aliphatic rings. The zero-order valence-electron chi connectivity index (χ0n) is 7.25. The third kappa shape index (κ3) is 2.28. The topological polar surface area (TPSA) is 78.9 Å². The van der Waals surface area contributed by atoms with Gasteiger partial charge in [-0.1, -0.05) is 0 Å². The van der Waals surface area contributed by atoms with Crippen LogP contribution in [-0.2, 0) is 6.42 Å². The summed E-state index contributed by atoms with van der Waals surface area (Å²) in [6.45, 7) is 0. The van der Waals surface area contributed by atoms with E-state index in [4.69, 9.17) is 11.1 Å². The number of nitrogens with one attached hydrogen (secondary N) is 1. The van der Waals surface area contributed by atoms with E-state index >= 15 is 0 Å². The van der Waals surface area contributed by atoms with Gasteiger partial charge in [0, 0.05) is 5.56 Å². The maximum absolute atomic E-state index is 12.9. The van der Waals surface area contributed by atoms with Gasteiger partial charge in [-0.05, 0) is 23.8 Å². The van der Waals surface area contributed by atoms with E-state index < -0.39 is 11.7 Å². The highest BCUT2D eigenvalue weighted by Crippen LogP contribution is 2.09. The summed E-state index contributed by atoms with van der Waals surface area (Å²) < 4.78 is 12.9. The molecule has 0 bridgehead atoms. The number of carbonyl (C=O) groups is 1. The summed E-state index contributed by atoms with van der Waals surface area (Å²) in [5.74, 6) is 3.75. The Balaban J connectivity index is 3.08. The van der Waals surface area contributed by atoms with Crippen LogP contribution in [0, 0.1) is 17.1 Å². The quantitative estimate of drug-likeness (QED) is 0.407. The first-order chi connectivity index (χ1) is 6.67. The number of hydrogen-bond acceptors (Lipinski definition) is 3. The van der Waals surface area contributed by atoms with E-state index in [2.05, 4.69) is 0 Å². The number of nitrogens with zero attached hydrogens (tertiary/aromatic N) is 1. The molecule has 1 amide bonds. The first-order valence-corrected chi connectivity index (χ1v) is 3.84. The molecule has 1 aromatic rings. The molecule has 3 N–H and O–H groups in total. The van der Waals surface area contributed by atoms with Gasteiger partial charge in [-0.2, -0.15) is 5.26 Å². The van der Waals surface area contributed by atoms with Crippen LogP contribution in [0.5, 0.6) is 0 Å². The van der Waals surface area contributed by atoms with Crippen molar-refractivity contribution in [3.8, 4) is 6.07 Å². The molecule has 0 heterocycles. The van der Waals surface area contributed by atoms with Crippen LogP contribution in [0.3, 0.4) is 0 Å². The molecule has 5 heteroatoms.